The molecule has 1 aliphatic rings. The maximum absolute atomic E-state index is 12.0. The molecule has 7 nitrogen and oxygen atoms in total. The number of aryl methyl sites for hydroxylation is 1. The number of anilines is 1. The first-order valence-electron chi connectivity index (χ1n) is 6.65. The predicted molar refractivity (Wildman–Crippen MR) is 77.0 cm³/mol. The van der Waals surface area contributed by atoms with E-state index in [4.69, 9.17) is 0 Å². The normalized spacial score (nSPS) is 18.6. The molecule has 106 valence electrons. The van der Waals surface area contributed by atoms with Crippen LogP contribution in [0, 0.1) is 0 Å². The molecule has 0 amide bonds. The molecule has 1 atom stereocenters. The minimum absolute atomic E-state index is 0.307. The fourth-order valence-electron chi connectivity index (χ4n) is 2.51. The van der Waals surface area contributed by atoms with Gasteiger partial charge in [-0.15, -0.1) is 0 Å². The van der Waals surface area contributed by atoms with Crippen LogP contribution in [-0.4, -0.2) is 25.1 Å². The molecule has 0 saturated heterocycles. The minimum Gasteiger partial charge on any atom is -0.353 e. The lowest BCUT2D eigenvalue weighted by atomic mass is 10.0. The zero-order chi connectivity index (χ0) is 14.3. The van der Waals surface area contributed by atoms with Crippen LogP contribution in [0.25, 0.3) is 11.2 Å². The molecule has 2 heterocycles. The van der Waals surface area contributed by atoms with Crippen molar-refractivity contribution in [1.82, 2.24) is 19.1 Å². The van der Waals surface area contributed by atoms with Crippen molar-refractivity contribution in [2.75, 3.05) is 5.32 Å². The largest absolute Gasteiger partial charge is 0.353 e. The maximum Gasteiger partial charge on any atom is 0.332 e. The zero-order valence-electron chi connectivity index (χ0n) is 11.5. The third kappa shape index (κ3) is 1.95. The topological polar surface area (TPSA) is 84.7 Å². The summed E-state index contributed by atoms with van der Waals surface area (Å²) in [6, 6.07) is 0.307. The zero-order valence-corrected chi connectivity index (χ0v) is 11.5. The van der Waals surface area contributed by atoms with Gasteiger partial charge in [0.2, 0.25) is 5.95 Å². The SMILES string of the molecule is Cn1c(=O)c2[nH]c(NC3CC=CCC3)nc2n(C)c1=O. The van der Waals surface area contributed by atoms with Crippen LogP contribution in [0.4, 0.5) is 5.95 Å². The van der Waals surface area contributed by atoms with Gasteiger partial charge in [0.25, 0.3) is 5.56 Å². The number of hydrogen-bond acceptors (Lipinski definition) is 4. The summed E-state index contributed by atoms with van der Waals surface area (Å²) >= 11 is 0. The number of nitrogens with one attached hydrogen (secondary N) is 2. The molecule has 0 aliphatic heterocycles. The standard InChI is InChI=1S/C13H17N5O2/c1-17-10-9(11(19)18(2)13(17)20)15-12(16-10)14-8-6-4-3-5-7-8/h3-4,8H,5-7H2,1-2H3,(H2,14,15,16). The Morgan fingerprint density at radius 1 is 1.30 bits per heavy atom. The van der Waals surface area contributed by atoms with E-state index >= 15 is 0 Å². The molecule has 0 saturated carbocycles. The van der Waals surface area contributed by atoms with Gasteiger partial charge in [0.15, 0.2) is 11.2 Å². The summed E-state index contributed by atoms with van der Waals surface area (Å²) in [6.07, 6.45) is 7.31. The summed E-state index contributed by atoms with van der Waals surface area (Å²) in [5.41, 5.74) is 0.00347. The van der Waals surface area contributed by atoms with Crippen molar-refractivity contribution < 1.29 is 0 Å². The lowest BCUT2D eigenvalue weighted by Gasteiger charge is -2.18. The van der Waals surface area contributed by atoms with E-state index in [1.807, 2.05) is 0 Å². The number of aromatic nitrogens is 4. The van der Waals surface area contributed by atoms with E-state index in [0.29, 0.717) is 23.2 Å². The fourth-order valence-corrected chi connectivity index (χ4v) is 2.51. The number of H-pyrrole nitrogens is 1. The van der Waals surface area contributed by atoms with Crippen LogP contribution in [0.5, 0.6) is 0 Å². The second-order valence-electron chi connectivity index (χ2n) is 5.12. The predicted octanol–water partition coefficient (Wildman–Crippen LogP) is 0.481. The molecule has 0 bridgehead atoms. The molecule has 0 fully saturated rings. The summed E-state index contributed by atoms with van der Waals surface area (Å²) in [4.78, 5) is 31.2. The average molecular weight is 275 g/mol. The Labute approximate surface area is 114 Å². The highest BCUT2D eigenvalue weighted by atomic mass is 16.2. The molecule has 2 aromatic heterocycles. The van der Waals surface area contributed by atoms with Gasteiger partial charge in [0, 0.05) is 20.1 Å². The van der Waals surface area contributed by atoms with Gasteiger partial charge in [-0.2, -0.15) is 4.98 Å². The van der Waals surface area contributed by atoms with Crippen LogP contribution >= 0.6 is 0 Å². The molecule has 2 aromatic rings. The smallest absolute Gasteiger partial charge is 0.332 e. The number of hydrogen-bond donors (Lipinski definition) is 2. The van der Waals surface area contributed by atoms with Crippen LogP contribution in [0.2, 0.25) is 0 Å². The molecule has 0 radical (unpaired) electrons. The van der Waals surface area contributed by atoms with Gasteiger partial charge in [0.1, 0.15) is 0 Å². The van der Waals surface area contributed by atoms with Gasteiger partial charge in [-0.05, 0) is 19.3 Å². The van der Waals surface area contributed by atoms with E-state index in [1.54, 1.807) is 7.05 Å². The Hall–Kier alpha value is -2.31. The Morgan fingerprint density at radius 3 is 2.80 bits per heavy atom. The Balaban J connectivity index is 2.05. The van der Waals surface area contributed by atoms with E-state index in [-0.39, 0.29) is 11.2 Å². The number of rotatable bonds is 2. The highest BCUT2D eigenvalue weighted by molar-refractivity contribution is 5.72. The molecule has 3 rings (SSSR count). The summed E-state index contributed by atoms with van der Waals surface area (Å²) in [5, 5.41) is 3.28. The van der Waals surface area contributed by atoms with E-state index in [2.05, 4.69) is 27.4 Å². The van der Waals surface area contributed by atoms with Gasteiger partial charge < -0.3 is 10.3 Å². The van der Waals surface area contributed by atoms with Gasteiger partial charge in [-0.25, -0.2) is 4.79 Å². The molecule has 0 spiro atoms. The number of aromatic amines is 1. The second kappa shape index (κ2) is 4.66. The number of imidazole rings is 1. The van der Waals surface area contributed by atoms with E-state index < -0.39 is 0 Å². The van der Waals surface area contributed by atoms with Crippen LogP contribution in [-0.2, 0) is 14.1 Å². The van der Waals surface area contributed by atoms with Crippen molar-refractivity contribution in [3.05, 3.63) is 33.0 Å². The molecular weight excluding hydrogens is 258 g/mol. The second-order valence-corrected chi connectivity index (χ2v) is 5.12. The highest BCUT2D eigenvalue weighted by Crippen LogP contribution is 2.16. The molecule has 1 unspecified atom stereocenters. The van der Waals surface area contributed by atoms with Gasteiger partial charge in [0.05, 0.1) is 0 Å². The first-order chi connectivity index (χ1) is 9.58. The van der Waals surface area contributed by atoms with Crippen molar-refractivity contribution in [1.29, 1.82) is 0 Å². The molecule has 7 heteroatoms. The van der Waals surface area contributed by atoms with Crippen molar-refractivity contribution in [2.45, 2.75) is 25.3 Å². The summed E-state index contributed by atoms with van der Waals surface area (Å²) in [7, 11) is 3.07. The lowest BCUT2D eigenvalue weighted by molar-refractivity contribution is 0.640. The van der Waals surface area contributed by atoms with Crippen LogP contribution in [0.1, 0.15) is 19.3 Å². The number of allylic oxidation sites excluding steroid dienone is 1. The van der Waals surface area contributed by atoms with Crippen molar-refractivity contribution in [2.24, 2.45) is 14.1 Å². The molecule has 20 heavy (non-hydrogen) atoms. The minimum atomic E-state index is -0.374. The quantitative estimate of drug-likeness (QED) is 0.781. The van der Waals surface area contributed by atoms with Crippen molar-refractivity contribution >= 4 is 17.1 Å². The van der Waals surface area contributed by atoms with Crippen LogP contribution in [0.15, 0.2) is 21.7 Å². The van der Waals surface area contributed by atoms with Crippen LogP contribution < -0.4 is 16.6 Å². The lowest BCUT2D eigenvalue weighted by Crippen LogP contribution is -2.36. The Morgan fingerprint density at radius 2 is 2.10 bits per heavy atom. The van der Waals surface area contributed by atoms with E-state index in [1.165, 1.54) is 11.6 Å². The fraction of sp³-hybridized carbons (Fsp3) is 0.462. The molecular formula is C13H17N5O2. The highest BCUT2D eigenvalue weighted by Gasteiger charge is 2.16. The Bertz CT molecular complexity index is 795. The summed E-state index contributed by atoms with van der Waals surface area (Å²) in [5.74, 6) is 0.540. The van der Waals surface area contributed by atoms with E-state index in [0.717, 1.165) is 23.8 Å². The van der Waals surface area contributed by atoms with Crippen molar-refractivity contribution in [3.8, 4) is 0 Å². The molecule has 1 aliphatic carbocycles. The van der Waals surface area contributed by atoms with Crippen molar-refractivity contribution in [3.63, 3.8) is 0 Å². The average Bonchev–Trinajstić information content (AvgIpc) is 2.88. The number of fused-ring (bicyclic) bond motifs is 1. The van der Waals surface area contributed by atoms with Gasteiger partial charge in [-0.1, -0.05) is 12.2 Å². The van der Waals surface area contributed by atoms with Crippen LogP contribution in [0.3, 0.4) is 0 Å². The Kier molecular flexibility index (Phi) is 2.96. The monoisotopic (exact) mass is 275 g/mol. The van der Waals surface area contributed by atoms with Gasteiger partial charge in [-0.3, -0.25) is 13.9 Å². The van der Waals surface area contributed by atoms with Gasteiger partial charge >= 0.3 is 5.69 Å². The summed E-state index contributed by atoms with van der Waals surface area (Å²) in [6.45, 7) is 0. The first-order valence-corrected chi connectivity index (χ1v) is 6.65. The molecule has 0 aromatic carbocycles. The summed E-state index contributed by atoms with van der Waals surface area (Å²) < 4.78 is 2.45. The third-order valence-corrected chi connectivity index (χ3v) is 3.70. The van der Waals surface area contributed by atoms with E-state index in [9.17, 15) is 9.59 Å². The molecule has 2 N–H and O–H groups in total. The third-order valence-electron chi connectivity index (χ3n) is 3.70. The first kappa shape index (κ1) is 12.7. The maximum atomic E-state index is 12.0. The number of nitrogens with zero attached hydrogens (tertiary/aromatic N) is 3.